The standard InChI is InChI=1S/C22H22ClFN4O4S/c1-33(31,32)8-7-13-5-6-18(24)16(9-13)21-17(12-26-28-21)22(30)27-19(11-20(25)29)14-3-2-4-15(23)10-14/h2-6,9-10,12,19H,7-8,11H2,1H3,(H2,25,29)(H,26,28)(H,27,30)/t19-/m1/s1. The number of nitrogens with one attached hydrogen (secondary N) is 2. The quantitative estimate of drug-likeness (QED) is 0.422. The highest BCUT2D eigenvalue weighted by atomic mass is 35.5. The van der Waals surface area contributed by atoms with Gasteiger partial charge in [-0.1, -0.05) is 29.8 Å². The number of H-pyrrole nitrogens is 1. The van der Waals surface area contributed by atoms with Crippen molar-refractivity contribution in [3.05, 3.63) is 76.2 Å². The first-order chi connectivity index (χ1) is 15.5. The summed E-state index contributed by atoms with van der Waals surface area (Å²) in [6, 6.07) is 10.0. The number of amides is 2. The predicted molar refractivity (Wildman–Crippen MR) is 123 cm³/mol. The molecule has 1 aromatic heterocycles. The third kappa shape index (κ3) is 6.62. The maximum atomic E-state index is 14.6. The second-order valence-electron chi connectivity index (χ2n) is 7.60. The average Bonchev–Trinajstić information content (AvgIpc) is 3.21. The third-order valence-electron chi connectivity index (χ3n) is 4.91. The first-order valence-electron chi connectivity index (χ1n) is 9.88. The lowest BCUT2D eigenvalue weighted by Gasteiger charge is -2.18. The van der Waals surface area contributed by atoms with Crippen LogP contribution in [-0.2, 0) is 21.1 Å². The van der Waals surface area contributed by atoms with Crippen molar-refractivity contribution in [1.82, 2.24) is 15.5 Å². The largest absolute Gasteiger partial charge is 0.370 e. The van der Waals surface area contributed by atoms with E-state index in [0.29, 0.717) is 16.1 Å². The Morgan fingerprint density at radius 3 is 2.67 bits per heavy atom. The monoisotopic (exact) mass is 492 g/mol. The minimum absolute atomic E-state index is 0.0469. The Kier molecular flexibility index (Phi) is 7.50. The first-order valence-corrected chi connectivity index (χ1v) is 12.3. The molecule has 8 nitrogen and oxygen atoms in total. The van der Waals surface area contributed by atoms with Gasteiger partial charge in [0, 0.05) is 16.8 Å². The molecule has 0 spiro atoms. The van der Waals surface area contributed by atoms with E-state index in [1.807, 2.05) is 0 Å². The maximum Gasteiger partial charge on any atom is 0.255 e. The van der Waals surface area contributed by atoms with Gasteiger partial charge in [0.1, 0.15) is 15.7 Å². The third-order valence-corrected chi connectivity index (χ3v) is 6.09. The number of hydrogen-bond donors (Lipinski definition) is 3. The topological polar surface area (TPSA) is 135 Å². The highest BCUT2D eigenvalue weighted by Gasteiger charge is 2.23. The maximum absolute atomic E-state index is 14.6. The number of sulfone groups is 1. The van der Waals surface area contributed by atoms with Crippen molar-refractivity contribution in [3.8, 4) is 11.3 Å². The summed E-state index contributed by atoms with van der Waals surface area (Å²) in [6.45, 7) is 0. The smallest absolute Gasteiger partial charge is 0.255 e. The summed E-state index contributed by atoms with van der Waals surface area (Å²) in [4.78, 5) is 24.6. The van der Waals surface area contributed by atoms with Gasteiger partial charge in [-0.15, -0.1) is 0 Å². The van der Waals surface area contributed by atoms with Crippen LogP contribution in [0.3, 0.4) is 0 Å². The fraction of sp³-hybridized carbons (Fsp3) is 0.227. The van der Waals surface area contributed by atoms with Crippen LogP contribution in [0.1, 0.15) is 33.9 Å². The van der Waals surface area contributed by atoms with Crippen LogP contribution in [0.2, 0.25) is 5.02 Å². The highest BCUT2D eigenvalue weighted by Crippen LogP contribution is 2.27. The summed E-state index contributed by atoms with van der Waals surface area (Å²) in [5, 5.41) is 9.64. The SMILES string of the molecule is CS(=O)(=O)CCc1ccc(F)c(-c2[nH]ncc2C(=O)N[C@H](CC(N)=O)c2cccc(Cl)c2)c1. The molecule has 2 aromatic carbocycles. The van der Waals surface area contributed by atoms with Crippen molar-refractivity contribution in [2.75, 3.05) is 12.0 Å². The molecule has 0 aliphatic heterocycles. The Bertz CT molecular complexity index is 1290. The van der Waals surface area contributed by atoms with Crippen LogP contribution in [0.4, 0.5) is 4.39 Å². The Labute approximate surface area is 195 Å². The molecule has 0 bridgehead atoms. The first kappa shape index (κ1) is 24.4. The van der Waals surface area contributed by atoms with E-state index < -0.39 is 33.5 Å². The second-order valence-corrected chi connectivity index (χ2v) is 10.3. The van der Waals surface area contributed by atoms with Crippen LogP contribution in [0, 0.1) is 5.82 Å². The molecule has 1 heterocycles. The van der Waals surface area contributed by atoms with E-state index in [-0.39, 0.29) is 35.4 Å². The Morgan fingerprint density at radius 1 is 1.24 bits per heavy atom. The van der Waals surface area contributed by atoms with E-state index in [1.165, 1.54) is 24.4 Å². The molecule has 0 saturated carbocycles. The number of rotatable bonds is 9. The van der Waals surface area contributed by atoms with Crippen LogP contribution < -0.4 is 11.1 Å². The zero-order valence-electron chi connectivity index (χ0n) is 17.6. The van der Waals surface area contributed by atoms with Gasteiger partial charge < -0.3 is 11.1 Å². The van der Waals surface area contributed by atoms with Gasteiger partial charge in [0.15, 0.2) is 0 Å². The molecule has 1 atom stereocenters. The number of aromatic nitrogens is 2. The van der Waals surface area contributed by atoms with Gasteiger partial charge in [-0.05, 0) is 41.8 Å². The molecule has 0 saturated heterocycles. The van der Waals surface area contributed by atoms with Crippen molar-refractivity contribution in [3.63, 3.8) is 0 Å². The molecule has 0 aliphatic carbocycles. The fourth-order valence-corrected chi connectivity index (χ4v) is 4.10. The fourth-order valence-electron chi connectivity index (χ4n) is 3.30. The molecule has 3 rings (SSSR count). The van der Waals surface area contributed by atoms with Crippen molar-refractivity contribution < 1.29 is 22.4 Å². The van der Waals surface area contributed by atoms with Crippen molar-refractivity contribution in [1.29, 1.82) is 0 Å². The van der Waals surface area contributed by atoms with Crippen molar-refractivity contribution in [2.24, 2.45) is 5.73 Å². The van der Waals surface area contributed by atoms with Crippen LogP contribution in [-0.4, -0.2) is 42.4 Å². The number of carbonyl (C=O) groups is 2. The van der Waals surface area contributed by atoms with Gasteiger partial charge in [-0.25, -0.2) is 12.8 Å². The molecule has 0 aliphatic rings. The molecule has 174 valence electrons. The van der Waals surface area contributed by atoms with Crippen LogP contribution >= 0.6 is 11.6 Å². The summed E-state index contributed by atoms with van der Waals surface area (Å²) in [5.41, 5.74) is 6.74. The Hall–Kier alpha value is -3.24. The zero-order valence-corrected chi connectivity index (χ0v) is 19.2. The highest BCUT2D eigenvalue weighted by molar-refractivity contribution is 7.90. The van der Waals surface area contributed by atoms with Crippen LogP contribution in [0.25, 0.3) is 11.3 Å². The van der Waals surface area contributed by atoms with Gasteiger partial charge in [0.2, 0.25) is 5.91 Å². The zero-order chi connectivity index (χ0) is 24.2. The van der Waals surface area contributed by atoms with Crippen LogP contribution in [0.15, 0.2) is 48.7 Å². The number of hydrogen-bond acceptors (Lipinski definition) is 5. The van der Waals surface area contributed by atoms with Gasteiger partial charge >= 0.3 is 0 Å². The number of benzene rings is 2. The number of halogens is 2. The van der Waals surface area contributed by atoms with E-state index in [1.54, 1.807) is 24.3 Å². The number of nitrogens with two attached hydrogens (primary N) is 1. The Balaban J connectivity index is 1.90. The Morgan fingerprint density at radius 2 is 2.00 bits per heavy atom. The van der Waals surface area contributed by atoms with E-state index in [9.17, 15) is 22.4 Å². The molecule has 0 unspecified atom stereocenters. The molecule has 11 heteroatoms. The summed E-state index contributed by atoms with van der Waals surface area (Å²) in [6.07, 6.45) is 2.38. The van der Waals surface area contributed by atoms with E-state index in [0.717, 1.165) is 6.26 Å². The number of carbonyl (C=O) groups excluding carboxylic acids is 2. The molecular formula is C22H22ClFN4O4S. The van der Waals surface area contributed by atoms with E-state index in [4.69, 9.17) is 17.3 Å². The molecule has 0 fully saturated rings. The lowest BCUT2D eigenvalue weighted by atomic mass is 10.0. The number of aromatic amines is 1. The second kappa shape index (κ2) is 10.1. The molecule has 2 amide bonds. The number of aryl methyl sites for hydroxylation is 1. The minimum Gasteiger partial charge on any atom is -0.370 e. The molecule has 33 heavy (non-hydrogen) atoms. The summed E-state index contributed by atoms with van der Waals surface area (Å²) < 4.78 is 37.5. The lowest BCUT2D eigenvalue weighted by molar-refractivity contribution is -0.118. The normalized spacial score (nSPS) is 12.3. The van der Waals surface area contributed by atoms with Crippen molar-refractivity contribution >= 4 is 33.3 Å². The predicted octanol–water partition coefficient (Wildman–Crippen LogP) is 2.80. The van der Waals surface area contributed by atoms with Gasteiger partial charge in [-0.2, -0.15) is 5.10 Å². The number of primary amides is 1. The molecule has 3 aromatic rings. The van der Waals surface area contributed by atoms with Crippen LogP contribution in [0.5, 0.6) is 0 Å². The summed E-state index contributed by atoms with van der Waals surface area (Å²) in [5.74, 6) is -1.94. The van der Waals surface area contributed by atoms with E-state index >= 15 is 0 Å². The van der Waals surface area contributed by atoms with Gasteiger partial charge in [0.25, 0.3) is 5.91 Å². The van der Waals surface area contributed by atoms with E-state index in [2.05, 4.69) is 15.5 Å². The lowest BCUT2D eigenvalue weighted by Crippen LogP contribution is -2.32. The summed E-state index contributed by atoms with van der Waals surface area (Å²) in [7, 11) is -3.20. The van der Waals surface area contributed by atoms with Gasteiger partial charge in [-0.3, -0.25) is 14.7 Å². The molecular weight excluding hydrogens is 471 g/mol. The number of nitrogens with zero attached hydrogens (tertiary/aromatic N) is 1. The molecule has 4 N–H and O–H groups in total. The van der Waals surface area contributed by atoms with Crippen molar-refractivity contribution in [2.45, 2.75) is 18.9 Å². The minimum atomic E-state index is -3.20. The van der Waals surface area contributed by atoms with Gasteiger partial charge in [0.05, 0.1) is 35.7 Å². The average molecular weight is 493 g/mol. The molecule has 0 radical (unpaired) electrons. The summed E-state index contributed by atoms with van der Waals surface area (Å²) >= 11 is 6.03.